The van der Waals surface area contributed by atoms with E-state index in [-0.39, 0.29) is 18.2 Å². The average Bonchev–Trinajstić information content (AvgIpc) is 2.26. The van der Waals surface area contributed by atoms with Crippen molar-refractivity contribution in [3.05, 3.63) is 29.8 Å². The van der Waals surface area contributed by atoms with Crippen molar-refractivity contribution in [1.29, 1.82) is 5.41 Å². The van der Waals surface area contributed by atoms with E-state index in [1.807, 2.05) is 0 Å². The van der Waals surface area contributed by atoms with Crippen LogP contribution in [-0.2, 0) is 6.42 Å². The molecule has 0 spiro atoms. The Morgan fingerprint density at radius 1 is 1.38 bits per heavy atom. The summed E-state index contributed by atoms with van der Waals surface area (Å²) in [5.74, 6) is 0.276. The number of fused-ring (bicyclic) bond motifs is 1. The number of nitrogens with zero attached hydrogens (tertiary/aromatic N) is 1. The molecule has 1 aliphatic heterocycles. The molecule has 0 amide bonds. The van der Waals surface area contributed by atoms with E-state index in [4.69, 9.17) is 11.1 Å². The number of anilines is 1. The minimum atomic E-state index is 0. The van der Waals surface area contributed by atoms with Crippen LogP contribution in [0.3, 0.4) is 0 Å². The molecular formula is C12H18ClN3. The number of nitrogens with one attached hydrogen (secondary N) is 1. The molecule has 0 saturated carbocycles. The maximum absolute atomic E-state index is 7.25. The van der Waals surface area contributed by atoms with Crippen molar-refractivity contribution >= 4 is 23.9 Å². The normalized spacial score (nSPS) is 13.9. The Labute approximate surface area is 103 Å². The fourth-order valence-corrected chi connectivity index (χ4v) is 2.10. The van der Waals surface area contributed by atoms with Crippen molar-refractivity contribution in [2.75, 3.05) is 18.0 Å². The number of hydrogen-bond acceptors (Lipinski definition) is 2. The highest BCUT2D eigenvalue weighted by molar-refractivity contribution is 5.85. The summed E-state index contributed by atoms with van der Waals surface area (Å²) in [7, 11) is 0. The maximum atomic E-state index is 7.25. The van der Waals surface area contributed by atoms with E-state index in [2.05, 4.69) is 29.2 Å². The first-order valence-electron chi connectivity index (χ1n) is 5.43. The monoisotopic (exact) mass is 239 g/mol. The maximum Gasteiger partial charge on any atom is 0.0923 e. The van der Waals surface area contributed by atoms with Crippen LogP contribution in [0.15, 0.2) is 24.3 Å². The van der Waals surface area contributed by atoms with Gasteiger partial charge in [-0.1, -0.05) is 18.2 Å². The van der Waals surface area contributed by atoms with Crippen LogP contribution >= 0.6 is 12.4 Å². The molecule has 0 bridgehead atoms. The van der Waals surface area contributed by atoms with E-state index in [1.165, 1.54) is 24.1 Å². The Morgan fingerprint density at radius 3 is 2.88 bits per heavy atom. The standard InChI is InChI=1S/C12H17N3.ClH/c13-12(14)7-9-15-8-3-5-10-4-1-2-6-11(10)15;/h1-2,4,6H,3,5,7-9H2,(H3,13,14);1H. The number of amidine groups is 1. The van der Waals surface area contributed by atoms with Crippen LogP contribution in [0.4, 0.5) is 5.69 Å². The first-order chi connectivity index (χ1) is 7.27. The second kappa shape index (κ2) is 5.75. The number of halogens is 1. The molecule has 3 nitrogen and oxygen atoms in total. The van der Waals surface area contributed by atoms with Gasteiger partial charge in [-0.3, -0.25) is 5.41 Å². The number of aryl methyl sites for hydroxylation is 1. The lowest BCUT2D eigenvalue weighted by atomic mass is 10.0. The first-order valence-corrected chi connectivity index (χ1v) is 5.43. The summed E-state index contributed by atoms with van der Waals surface area (Å²) >= 11 is 0. The largest absolute Gasteiger partial charge is 0.388 e. The quantitative estimate of drug-likeness (QED) is 0.628. The van der Waals surface area contributed by atoms with Gasteiger partial charge in [0.1, 0.15) is 0 Å². The summed E-state index contributed by atoms with van der Waals surface area (Å²) in [6.45, 7) is 1.96. The highest BCUT2D eigenvalue weighted by Gasteiger charge is 2.15. The predicted molar refractivity (Wildman–Crippen MR) is 70.8 cm³/mol. The van der Waals surface area contributed by atoms with Crippen molar-refractivity contribution in [1.82, 2.24) is 0 Å². The molecule has 1 aromatic carbocycles. The van der Waals surface area contributed by atoms with Crippen LogP contribution in [0.25, 0.3) is 0 Å². The smallest absolute Gasteiger partial charge is 0.0923 e. The number of benzene rings is 1. The molecule has 0 radical (unpaired) electrons. The molecule has 4 heteroatoms. The van der Waals surface area contributed by atoms with Gasteiger partial charge in [-0.2, -0.15) is 0 Å². The highest BCUT2D eigenvalue weighted by Crippen LogP contribution is 2.26. The van der Waals surface area contributed by atoms with Gasteiger partial charge in [-0.15, -0.1) is 12.4 Å². The SMILES string of the molecule is Cl.N=C(N)CCN1CCCc2ccccc21. The van der Waals surface area contributed by atoms with E-state index in [1.54, 1.807) is 0 Å². The van der Waals surface area contributed by atoms with Crippen LogP contribution in [0.5, 0.6) is 0 Å². The third kappa shape index (κ3) is 2.89. The second-order valence-corrected chi connectivity index (χ2v) is 3.99. The van der Waals surface area contributed by atoms with Crippen LogP contribution < -0.4 is 10.6 Å². The average molecular weight is 240 g/mol. The molecule has 1 aliphatic rings. The molecule has 1 aromatic rings. The highest BCUT2D eigenvalue weighted by atomic mass is 35.5. The zero-order chi connectivity index (χ0) is 10.7. The van der Waals surface area contributed by atoms with E-state index in [9.17, 15) is 0 Å². The molecule has 0 atom stereocenters. The molecule has 0 saturated heterocycles. The van der Waals surface area contributed by atoms with E-state index in [0.29, 0.717) is 6.42 Å². The lowest BCUT2D eigenvalue weighted by Gasteiger charge is -2.31. The Bertz CT molecular complexity index is 365. The van der Waals surface area contributed by atoms with E-state index < -0.39 is 0 Å². The number of nitrogens with two attached hydrogens (primary N) is 1. The van der Waals surface area contributed by atoms with Crippen LogP contribution in [0.1, 0.15) is 18.4 Å². The van der Waals surface area contributed by atoms with Crippen LogP contribution in [0, 0.1) is 5.41 Å². The zero-order valence-corrected chi connectivity index (χ0v) is 10.1. The molecule has 0 aromatic heterocycles. The Kier molecular flexibility index (Phi) is 4.62. The van der Waals surface area contributed by atoms with Gasteiger partial charge in [0.05, 0.1) is 5.84 Å². The van der Waals surface area contributed by atoms with E-state index >= 15 is 0 Å². The van der Waals surface area contributed by atoms with Crippen LogP contribution in [0.2, 0.25) is 0 Å². The van der Waals surface area contributed by atoms with Gasteiger partial charge in [-0.25, -0.2) is 0 Å². The summed E-state index contributed by atoms with van der Waals surface area (Å²) in [6.07, 6.45) is 3.04. The Balaban J connectivity index is 0.00000128. The molecular weight excluding hydrogens is 222 g/mol. The molecule has 16 heavy (non-hydrogen) atoms. The molecule has 1 heterocycles. The minimum Gasteiger partial charge on any atom is -0.388 e. The van der Waals surface area contributed by atoms with Crippen molar-refractivity contribution in [3.63, 3.8) is 0 Å². The summed E-state index contributed by atoms with van der Waals surface area (Å²) in [5, 5.41) is 7.25. The molecule has 88 valence electrons. The summed E-state index contributed by atoms with van der Waals surface area (Å²) in [4.78, 5) is 2.33. The summed E-state index contributed by atoms with van der Waals surface area (Å²) in [6, 6.07) is 8.52. The topological polar surface area (TPSA) is 53.1 Å². The number of hydrogen-bond donors (Lipinski definition) is 2. The summed E-state index contributed by atoms with van der Waals surface area (Å²) in [5.41, 5.74) is 8.13. The first kappa shape index (κ1) is 12.8. The fourth-order valence-electron chi connectivity index (χ4n) is 2.10. The van der Waals surface area contributed by atoms with Gasteiger partial charge in [0, 0.05) is 25.2 Å². The third-order valence-electron chi connectivity index (χ3n) is 2.86. The number of rotatable bonds is 3. The second-order valence-electron chi connectivity index (χ2n) is 3.99. The molecule has 0 aliphatic carbocycles. The Morgan fingerprint density at radius 2 is 2.12 bits per heavy atom. The van der Waals surface area contributed by atoms with Crippen molar-refractivity contribution in [3.8, 4) is 0 Å². The van der Waals surface area contributed by atoms with Crippen molar-refractivity contribution in [2.24, 2.45) is 5.73 Å². The number of para-hydroxylation sites is 1. The molecule has 2 rings (SSSR count). The fraction of sp³-hybridized carbons (Fsp3) is 0.417. The minimum absolute atomic E-state index is 0. The Hall–Kier alpha value is -1.22. The zero-order valence-electron chi connectivity index (χ0n) is 9.28. The molecule has 0 fully saturated rings. The van der Waals surface area contributed by atoms with E-state index in [0.717, 1.165) is 13.1 Å². The van der Waals surface area contributed by atoms with Gasteiger partial charge >= 0.3 is 0 Å². The lowest BCUT2D eigenvalue weighted by Crippen LogP contribution is -2.32. The summed E-state index contributed by atoms with van der Waals surface area (Å²) < 4.78 is 0. The third-order valence-corrected chi connectivity index (χ3v) is 2.86. The van der Waals surface area contributed by atoms with Gasteiger partial charge in [0.25, 0.3) is 0 Å². The van der Waals surface area contributed by atoms with Crippen LogP contribution in [-0.4, -0.2) is 18.9 Å². The van der Waals surface area contributed by atoms with Crippen molar-refractivity contribution < 1.29 is 0 Å². The molecule has 3 N–H and O–H groups in total. The van der Waals surface area contributed by atoms with Gasteiger partial charge < -0.3 is 10.6 Å². The van der Waals surface area contributed by atoms with Gasteiger partial charge in [0.15, 0.2) is 0 Å². The lowest BCUT2D eigenvalue weighted by molar-refractivity contribution is 0.696. The van der Waals surface area contributed by atoms with Gasteiger partial charge in [-0.05, 0) is 24.5 Å². The molecule has 0 unspecified atom stereocenters. The van der Waals surface area contributed by atoms with Crippen molar-refractivity contribution in [2.45, 2.75) is 19.3 Å². The predicted octanol–water partition coefficient (Wildman–Crippen LogP) is 2.19. The van der Waals surface area contributed by atoms with Gasteiger partial charge in [0.2, 0.25) is 0 Å².